The van der Waals surface area contributed by atoms with E-state index in [1.807, 2.05) is 17.4 Å². The minimum absolute atomic E-state index is 0.868. The molecule has 0 saturated heterocycles. The molecule has 0 fully saturated rings. The highest BCUT2D eigenvalue weighted by Gasteiger charge is 1.97. The van der Waals surface area contributed by atoms with Crippen molar-refractivity contribution in [2.45, 2.75) is 20.0 Å². The van der Waals surface area contributed by atoms with Crippen molar-refractivity contribution < 1.29 is 4.42 Å². The molecule has 1 N–H and O–H groups in total. The second-order valence-electron chi connectivity index (χ2n) is 3.25. The Morgan fingerprint density at radius 3 is 2.86 bits per heavy atom. The number of furan rings is 1. The van der Waals surface area contributed by atoms with Crippen LogP contribution in [0.4, 0.5) is 0 Å². The van der Waals surface area contributed by atoms with Crippen molar-refractivity contribution in [3.8, 4) is 0 Å². The minimum atomic E-state index is 0.868. The van der Waals surface area contributed by atoms with Gasteiger partial charge in [0.2, 0.25) is 0 Å². The van der Waals surface area contributed by atoms with Crippen molar-refractivity contribution in [1.82, 2.24) is 5.32 Å². The third-order valence-electron chi connectivity index (χ3n) is 2.00. The third kappa shape index (κ3) is 2.47. The second kappa shape index (κ2) is 4.44. The number of thiophene rings is 1. The molecule has 0 saturated carbocycles. The lowest BCUT2D eigenvalue weighted by molar-refractivity contribution is 0.560. The minimum Gasteiger partial charge on any atom is -0.472 e. The number of rotatable bonds is 4. The molecule has 0 bridgehead atoms. The molecule has 2 aromatic rings. The normalized spacial score (nSPS) is 10.6. The lowest BCUT2D eigenvalue weighted by atomic mass is 10.3. The Labute approximate surface area is 87.6 Å². The fourth-order valence-electron chi connectivity index (χ4n) is 1.30. The van der Waals surface area contributed by atoms with Crippen molar-refractivity contribution in [2.24, 2.45) is 0 Å². The van der Waals surface area contributed by atoms with Gasteiger partial charge in [-0.2, -0.15) is 0 Å². The maximum atomic E-state index is 4.98. The van der Waals surface area contributed by atoms with Crippen LogP contribution in [0.5, 0.6) is 0 Å². The molecule has 2 nitrogen and oxygen atoms in total. The highest BCUT2D eigenvalue weighted by Crippen LogP contribution is 2.14. The summed E-state index contributed by atoms with van der Waals surface area (Å²) in [5.41, 5.74) is 1.19. The Bertz CT molecular complexity index is 378. The van der Waals surface area contributed by atoms with Crippen LogP contribution in [0.3, 0.4) is 0 Å². The van der Waals surface area contributed by atoms with Gasteiger partial charge in [-0.3, -0.25) is 0 Å². The fourth-order valence-corrected chi connectivity index (χ4v) is 2.16. The molecule has 74 valence electrons. The van der Waals surface area contributed by atoms with E-state index >= 15 is 0 Å². The summed E-state index contributed by atoms with van der Waals surface area (Å²) in [6.07, 6.45) is 3.47. The van der Waals surface area contributed by atoms with Gasteiger partial charge in [-0.05, 0) is 25.1 Å². The van der Waals surface area contributed by atoms with Crippen LogP contribution in [0.2, 0.25) is 0 Å². The van der Waals surface area contributed by atoms with Crippen LogP contribution in [0.25, 0.3) is 0 Å². The van der Waals surface area contributed by atoms with Crippen molar-refractivity contribution in [1.29, 1.82) is 0 Å². The molecule has 0 unspecified atom stereocenters. The number of nitrogens with one attached hydrogen (secondary N) is 1. The summed E-state index contributed by atoms with van der Waals surface area (Å²) < 4.78 is 4.98. The average Bonchev–Trinajstić information content (AvgIpc) is 2.77. The average molecular weight is 207 g/mol. The lowest BCUT2D eigenvalue weighted by Crippen LogP contribution is -2.10. The highest BCUT2D eigenvalue weighted by atomic mass is 32.1. The smallest absolute Gasteiger partial charge is 0.0947 e. The van der Waals surface area contributed by atoms with Crippen molar-refractivity contribution in [2.75, 3.05) is 0 Å². The van der Waals surface area contributed by atoms with Gasteiger partial charge < -0.3 is 9.73 Å². The Balaban J connectivity index is 1.78. The van der Waals surface area contributed by atoms with Gasteiger partial charge >= 0.3 is 0 Å². The first-order valence-electron chi connectivity index (χ1n) is 4.62. The summed E-state index contributed by atoms with van der Waals surface area (Å²) in [7, 11) is 0. The molecule has 3 heteroatoms. The number of hydrogen-bond acceptors (Lipinski definition) is 3. The Morgan fingerprint density at radius 1 is 1.29 bits per heavy atom. The fraction of sp³-hybridized carbons (Fsp3) is 0.273. The predicted octanol–water partition coefficient (Wildman–Crippen LogP) is 2.94. The highest BCUT2D eigenvalue weighted by molar-refractivity contribution is 7.11. The van der Waals surface area contributed by atoms with Gasteiger partial charge in [0, 0.05) is 28.4 Å². The first-order valence-corrected chi connectivity index (χ1v) is 5.43. The molecule has 0 radical (unpaired) electrons. The summed E-state index contributed by atoms with van der Waals surface area (Å²) in [4.78, 5) is 2.75. The van der Waals surface area contributed by atoms with Gasteiger partial charge in [-0.15, -0.1) is 11.3 Å². The SMILES string of the molecule is Cc1ccc(CNCc2ccoc2)s1. The Hall–Kier alpha value is -1.06. The zero-order chi connectivity index (χ0) is 9.80. The Morgan fingerprint density at radius 2 is 2.21 bits per heavy atom. The summed E-state index contributed by atoms with van der Waals surface area (Å²) in [6, 6.07) is 6.30. The van der Waals surface area contributed by atoms with E-state index in [4.69, 9.17) is 4.42 Å². The monoisotopic (exact) mass is 207 g/mol. The maximum Gasteiger partial charge on any atom is 0.0947 e. The van der Waals surface area contributed by atoms with E-state index in [-0.39, 0.29) is 0 Å². The van der Waals surface area contributed by atoms with Gasteiger partial charge in [-0.25, -0.2) is 0 Å². The molecule has 2 heterocycles. The summed E-state index contributed by atoms with van der Waals surface area (Å²) >= 11 is 1.84. The summed E-state index contributed by atoms with van der Waals surface area (Å²) in [6.45, 7) is 3.93. The first-order chi connectivity index (χ1) is 6.84. The Kier molecular flexibility index (Phi) is 3.01. The van der Waals surface area contributed by atoms with Gasteiger partial charge in [0.1, 0.15) is 0 Å². The van der Waals surface area contributed by atoms with E-state index in [1.165, 1.54) is 15.3 Å². The van der Waals surface area contributed by atoms with Crippen LogP contribution in [-0.4, -0.2) is 0 Å². The lowest BCUT2D eigenvalue weighted by Gasteiger charge is -1.99. The van der Waals surface area contributed by atoms with E-state index in [0.29, 0.717) is 0 Å². The van der Waals surface area contributed by atoms with Crippen molar-refractivity contribution in [3.05, 3.63) is 46.0 Å². The van der Waals surface area contributed by atoms with Crippen LogP contribution in [-0.2, 0) is 13.1 Å². The second-order valence-corrected chi connectivity index (χ2v) is 4.62. The first kappa shape index (κ1) is 9.49. The van der Waals surface area contributed by atoms with Crippen LogP contribution in [0.15, 0.2) is 35.1 Å². The van der Waals surface area contributed by atoms with Crippen LogP contribution >= 0.6 is 11.3 Å². The molecule has 0 atom stereocenters. The standard InChI is InChI=1S/C11H13NOS/c1-9-2-3-11(14-9)7-12-6-10-4-5-13-8-10/h2-5,8,12H,6-7H2,1H3. The van der Waals surface area contributed by atoms with Gasteiger partial charge in [0.05, 0.1) is 12.5 Å². The molecule has 0 spiro atoms. The van der Waals surface area contributed by atoms with E-state index in [0.717, 1.165) is 13.1 Å². The molecule has 2 rings (SSSR count). The summed E-state index contributed by atoms with van der Waals surface area (Å²) in [5, 5.41) is 3.37. The van der Waals surface area contributed by atoms with Gasteiger partial charge in [-0.1, -0.05) is 0 Å². The molecule has 0 aromatic carbocycles. The van der Waals surface area contributed by atoms with Gasteiger partial charge in [0.15, 0.2) is 0 Å². The van der Waals surface area contributed by atoms with Crippen LogP contribution in [0.1, 0.15) is 15.3 Å². The summed E-state index contributed by atoms with van der Waals surface area (Å²) in [5.74, 6) is 0. The number of aryl methyl sites for hydroxylation is 1. The van der Waals surface area contributed by atoms with E-state index in [1.54, 1.807) is 12.5 Å². The van der Waals surface area contributed by atoms with E-state index in [2.05, 4.69) is 24.4 Å². The molecular formula is C11H13NOS. The maximum absolute atomic E-state index is 4.98. The topological polar surface area (TPSA) is 25.2 Å². The number of hydrogen-bond donors (Lipinski definition) is 1. The molecular weight excluding hydrogens is 194 g/mol. The van der Waals surface area contributed by atoms with Crippen molar-refractivity contribution in [3.63, 3.8) is 0 Å². The van der Waals surface area contributed by atoms with Crippen molar-refractivity contribution >= 4 is 11.3 Å². The molecule has 0 aliphatic rings. The van der Waals surface area contributed by atoms with Crippen LogP contribution in [0, 0.1) is 6.92 Å². The van der Waals surface area contributed by atoms with E-state index in [9.17, 15) is 0 Å². The molecule has 2 aromatic heterocycles. The van der Waals surface area contributed by atoms with Gasteiger partial charge in [0.25, 0.3) is 0 Å². The third-order valence-corrected chi connectivity index (χ3v) is 3.01. The zero-order valence-corrected chi connectivity index (χ0v) is 8.93. The predicted molar refractivity (Wildman–Crippen MR) is 58.3 cm³/mol. The molecule has 0 aliphatic heterocycles. The van der Waals surface area contributed by atoms with Crippen LogP contribution < -0.4 is 5.32 Å². The molecule has 14 heavy (non-hydrogen) atoms. The zero-order valence-electron chi connectivity index (χ0n) is 8.12. The molecule has 0 amide bonds. The largest absolute Gasteiger partial charge is 0.472 e. The molecule has 0 aliphatic carbocycles. The van der Waals surface area contributed by atoms with E-state index < -0.39 is 0 Å². The quantitative estimate of drug-likeness (QED) is 0.834.